The minimum absolute atomic E-state index is 0.0170. The molecule has 15 heteroatoms. The zero-order valence-electron chi connectivity index (χ0n) is 24.7. The monoisotopic (exact) mass is 681 g/mol. The lowest BCUT2D eigenvalue weighted by Crippen LogP contribution is -2.57. The molecule has 0 aromatic heterocycles. The van der Waals surface area contributed by atoms with Gasteiger partial charge in [-0.05, 0) is 61.8 Å². The van der Waals surface area contributed by atoms with E-state index in [0.717, 1.165) is 36.8 Å². The molecule has 12 nitrogen and oxygen atoms in total. The van der Waals surface area contributed by atoms with Crippen LogP contribution in [0.1, 0.15) is 68.9 Å². The van der Waals surface area contributed by atoms with Crippen molar-refractivity contribution in [3.05, 3.63) is 45.5 Å². The van der Waals surface area contributed by atoms with Crippen molar-refractivity contribution in [3.63, 3.8) is 0 Å². The van der Waals surface area contributed by atoms with E-state index in [1.54, 1.807) is 12.1 Å². The van der Waals surface area contributed by atoms with Crippen molar-refractivity contribution in [3.8, 4) is 0 Å². The number of rotatable bonds is 4. The van der Waals surface area contributed by atoms with Crippen LogP contribution in [-0.2, 0) is 42.2 Å². The Kier molecular flexibility index (Phi) is 8.83. The lowest BCUT2D eigenvalue weighted by molar-refractivity contribution is -0.140. The van der Waals surface area contributed by atoms with Crippen LogP contribution >= 0.6 is 23.2 Å². The molecule has 0 spiro atoms. The van der Waals surface area contributed by atoms with Gasteiger partial charge in [-0.1, -0.05) is 48.2 Å². The van der Waals surface area contributed by atoms with Crippen molar-refractivity contribution in [2.75, 3.05) is 6.54 Å². The number of hydrogen-bond acceptors (Lipinski definition) is 8. The first-order valence-corrected chi connectivity index (χ1v) is 17.7. The molecule has 5 atom stereocenters. The number of carbonyl (C=O) groups is 4. The molecule has 4 N–H and O–H groups in total. The van der Waals surface area contributed by atoms with E-state index in [2.05, 4.69) is 10.0 Å². The average Bonchev–Trinajstić information content (AvgIpc) is 3.87. The maximum absolute atomic E-state index is 13.9. The summed E-state index contributed by atoms with van der Waals surface area (Å²) in [6, 6.07) is 1.40. The van der Waals surface area contributed by atoms with Crippen LogP contribution in [-0.4, -0.2) is 77.6 Å². The fraction of sp³-hybridized carbons (Fsp3) is 0.600. The summed E-state index contributed by atoms with van der Waals surface area (Å²) < 4.78 is 33.2. The van der Waals surface area contributed by atoms with Crippen molar-refractivity contribution in [1.29, 1.82) is 0 Å². The minimum atomic E-state index is -3.85. The Bertz CT molecular complexity index is 1520. The van der Waals surface area contributed by atoms with Gasteiger partial charge in [0, 0.05) is 22.4 Å². The Morgan fingerprint density at radius 2 is 1.73 bits per heavy atom. The summed E-state index contributed by atoms with van der Waals surface area (Å²) >= 11 is 12.6. The third-order valence-corrected chi connectivity index (χ3v) is 12.0. The van der Waals surface area contributed by atoms with Gasteiger partial charge in [0.05, 0.1) is 30.9 Å². The average molecular weight is 683 g/mol. The molecule has 2 aliphatic carbocycles. The van der Waals surface area contributed by atoms with Gasteiger partial charge in [-0.2, -0.15) is 0 Å². The quantitative estimate of drug-likeness (QED) is 0.408. The highest BCUT2D eigenvalue weighted by atomic mass is 35.5. The normalized spacial score (nSPS) is 30.4. The number of amides is 4. The molecule has 1 aromatic carbocycles. The number of nitrogens with zero attached hydrogens (tertiary/aromatic N) is 2. The smallest absolute Gasteiger partial charge is 0.410 e. The van der Waals surface area contributed by atoms with Crippen LogP contribution in [0.3, 0.4) is 0 Å². The van der Waals surface area contributed by atoms with Crippen molar-refractivity contribution in [2.45, 2.75) is 99.9 Å². The Morgan fingerprint density at radius 1 is 1.04 bits per heavy atom. The first-order valence-electron chi connectivity index (χ1n) is 15.4. The van der Waals surface area contributed by atoms with E-state index in [1.165, 1.54) is 9.80 Å². The lowest BCUT2D eigenvalue weighted by Gasteiger charge is -2.28. The van der Waals surface area contributed by atoms with E-state index in [4.69, 9.17) is 33.7 Å². The van der Waals surface area contributed by atoms with Gasteiger partial charge in [-0.15, -0.1) is 0 Å². The number of benzene rings is 1. The maximum atomic E-state index is 13.9. The van der Waals surface area contributed by atoms with Crippen molar-refractivity contribution in [2.24, 2.45) is 11.7 Å². The highest BCUT2D eigenvalue weighted by Gasteiger charge is 2.62. The molecule has 0 radical (unpaired) electrons. The molecule has 1 aromatic rings. The Labute approximate surface area is 272 Å². The van der Waals surface area contributed by atoms with Crippen LogP contribution in [0, 0.1) is 5.92 Å². The number of nitrogens with one attached hydrogen (secondary N) is 2. The third-order valence-electron chi connectivity index (χ3n) is 9.42. The van der Waals surface area contributed by atoms with Gasteiger partial charge in [0.25, 0.3) is 5.91 Å². The molecule has 0 bridgehead atoms. The van der Waals surface area contributed by atoms with Crippen LogP contribution in [0.5, 0.6) is 0 Å². The van der Waals surface area contributed by atoms with E-state index in [9.17, 15) is 27.6 Å². The number of carbonyl (C=O) groups excluding carboxylic acids is 4. The predicted octanol–water partition coefficient (Wildman–Crippen LogP) is 2.75. The van der Waals surface area contributed by atoms with Gasteiger partial charge < -0.3 is 20.7 Å². The summed E-state index contributed by atoms with van der Waals surface area (Å²) in [5.74, 6) is -2.27. The molecule has 1 saturated heterocycles. The minimum Gasteiger partial charge on any atom is -0.444 e. The molecule has 45 heavy (non-hydrogen) atoms. The number of fused-ring (bicyclic) bond motifs is 3. The number of halogens is 2. The number of ether oxygens (including phenoxy) is 1. The van der Waals surface area contributed by atoms with E-state index in [0.29, 0.717) is 29.3 Å². The van der Waals surface area contributed by atoms with Crippen molar-refractivity contribution < 1.29 is 32.3 Å². The molecule has 3 fully saturated rings. The van der Waals surface area contributed by atoms with Crippen LogP contribution in [0.2, 0.25) is 10.0 Å². The Balaban J connectivity index is 1.20. The van der Waals surface area contributed by atoms with E-state index >= 15 is 0 Å². The van der Waals surface area contributed by atoms with Gasteiger partial charge in [-0.3, -0.25) is 24.0 Å². The molecular formula is C30H37Cl2N5O7S. The second-order valence-electron chi connectivity index (χ2n) is 12.7. The van der Waals surface area contributed by atoms with Crippen LogP contribution in [0.15, 0.2) is 24.3 Å². The van der Waals surface area contributed by atoms with Gasteiger partial charge in [0.15, 0.2) is 0 Å². The highest BCUT2D eigenvalue weighted by molar-refractivity contribution is 7.91. The molecule has 244 valence electrons. The molecule has 5 aliphatic rings. The van der Waals surface area contributed by atoms with Crippen molar-refractivity contribution >= 4 is 57.0 Å². The molecule has 3 heterocycles. The molecule has 4 amide bonds. The third kappa shape index (κ3) is 6.54. The fourth-order valence-electron chi connectivity index (χ4n) is 6.50. The summed E-state index contributed by atoms with van der Waals surface area (Å²) in [7, 11) is -3.85. The standard InChI is InChI=1S/C30H37Cl2N5O7S/c31-22-10-11-23(32)21-16-36(15-20(21)22)29(41)44-18-12-25-26(38)34-30(28(40)35-45(42,43)19-8-9-19)13-17(30)6-4-2-1-3-5-7-24(33)27(39)37(25)14-18/h4,6,10-11,17-19,24-25H,1-3,5,7-9,12-16,33H2,(H,34,38)(H,35,40)/t17-,18-,24+,25?,30-/m1/s1. The number of allylic oxidation sites excluding steroid dienone is 1. The first kappa shape index (κ1) is 32.1. The Hall–Kier alpha value is -2.87. The zero-order valence-corrected chi connectivity index (χ0v) is 27.0. The molecule has 2 saturated carbocycles. The van der Waals surface area contributed by atoms with Gasteiger partial charge in [0.1, 0.15) is 17.7 Å². The summed E-state index contributed by atoms with van der Waals surface area (Å²) in [6.07, 6.45) is 7.09. The Morgan fingerprint density at radius 3 is 2.40 bits per heavy atom. The number of nitrogens with two attached hydrogens (primary N) is 1. The van der Waals surface area contributed by atoms with Crippen LogP contribution in [0.25, 0.3) is 0 Å². The van der Waals surface area contributed by atoms with E-state index in [-0.39, 0.29) is 32.5 Å². The summed E-state index contributed by atoms with van der Waals surface area (Å²) in [6.45, 7) is 0.347. The first-order chi connectivity index (χ1) is 21.4. The molecule has 1 unspecified atom stereocenters. The summed E-state index contributed by atoms with van der Waals surface area (Å²) in [5.41, 5.74) is 6.29. The van der Waals surface area contributed by atoms with Crippen LogP contribution < -0.4 is 15.8 Å². The topological polar surface area (TPSA) is 168 Å². The van der Waals surface area contributed by atoms with Crippen LogP contribution in [0.4, 0.5) is 4.79 Å². The van der Waals surface area contributed by atoms with E-state index in [1.807, 2.05) is 12.2 Å². The van der Waals surface area contributed by atoms with Crippen molar-refractivity contribution in [1.82, 2.24) is 19.8 Å². The fourth-order valence-corrected chi connectivity index (χ4v) is 8.34. The second-order valence-corrected chi connectivity index (χ2v) is 15.5. The SMILES string of the molecule is N[C@H]1CCCCCC=C[C@@H]2C[C@@]2(C(=O)NS(=O)(=O)C2CC2)NC(=O)C2C[C@@H](OC(=O)N3Cc4c(Cl)ccc(Cl)c4C3)CN2C1=O. The van der Waals surface area contributed by atoms with Gasteiger partial charge in [-0.25, -0.2) is 13.2 Å². The van der Waals surface area contributed by atoms with Gasteiger partial charge in [0.2, 0.25) is 21.8 Å². The number of hydrogen-bond donors (Lipinski definition) is 3. The van der Waals surface area contributed by atoms with Gasteiger partial charge >= 0.3 is 6.09 Å². The lowest BCUT2D eigenvalue weighted by atomic mass is 10.1. The summed E-state index contributed by atoms with van der Waals surface area (Å²) in [4.78, 5) is 56.9. The molecule has 6 rings (SSSR count). The maximum Gasteiger partial charge on any atom is 0.410 e. The second kappa shape index (κ2) is 12.4. The zero-order chi connectivity index (χ0) is 32.1. The largest absolute Gasteiger partial charge is 0.444 e. The molecular weight excluding hydrogens is 645 g/mol. The van der Waals surface area contributed by atoms with E-state index < -0.39 is 68.7 Å². The summed E-state index contributed by atoms with van der Waals surface area (Å²) in [5, 5.41) is 3.16. The highest BCUT2D eigenvalue weighted by Crippen LogP contribution is 2.46. The number of sulfonamides is 1. The predicted molar refractivity (Wildman–Crippen MR) is 165 cm³/mol. The molecule has 3 aliphatic heterocycles.